The SMILES string of the molecule is C=CCOC12Oc3ccc(O)cc3C3C(CCCCO)C(CCCCO)C=C(C(=NOC4CCCCO4)CC1SCCc1cnccn1)C32. The molecule has 10 nitrogen and oxygen atoms in total. The molecular weight excluding hydrogens is 642 g/mol. The average molecular weight is 694 g/mol. The van der Waals surface area contributed by atoms with Crippen molar-refractivity contribution >= 4 is 17.5 Å². The number of rotatable bonds is 17. The summed E-state index contributed by atoms with van der Waals surface area (Å²) in [7, 11) is 0. The van der Waals surface area contributed by atoms with Crippen molar-refractivity contribution in [3.05, 3.63) is 72.4 Å². The van der Waals surface area contributed by atoms with E-state index in [1.54, 1.807) is 36.3 Å². The summed E-state index contributed by atoms with van der Waals surface area (Å²) < 4.78 is 20.0. The number of ether oxygens (including phenoxy) is 3. The van der Waals surface area contributed by atoms with Gasteiger partial charge in [-0.3, -0.25) is 9.97 Å². The summed E-state index contributed by atoms with van der Waals surface area (Å²) >= 11 is 1.79. The van der Waals surface area contributed by atoms with Gasteiger partial charge in [0.25, 0.3) is 0 Å². The second-order valence-electron chi connectivity index (χ2n) is 13.5. The van der Waals surface area contributed by atoms with E-state index in [4.69, 9.17) is 24.2 Å². The van der Waals surface area contributed by atoms with Crippen LogP contribution in [-0.4, -0.2) is 80.5 Å². The summed E-state index contributed by atoms with van der Waals surface area (Å²) in [5, 5.41) is 35.0. The molecular formula is C38H51N3O7S. The Morgan fingerprint density at radius 2 is 1.96 bits per heavy atom. The minimum Gasteiger partial charge on any atom is -0.508 e. The Morgan fingerprint density at radius 3 is 2.71 bits per heavy atom. The van der Waals surface area contributed by atoms with Gasteiger partial charge in [0.15, 0.2) is 0 Å². The lowest BCUT2D eigenvalue weighted by Gasteiger charge is -2.58. The van der Waals surface area contributed by atoms with Crippen molar-refractivity contribution in [3.63, 3.8) is 0 Å². The van der Waals surface area contributed by atoms with Crippen molar-refractivity contribution in [3.8, 4) is 11.5 Å². The highest BCUT2D eigenvalue weighted by Gasteiger charge is 2.64. The molecule has 4 aliphatic rings. The van der Waals surface area contributed by atoms with Gasteiger partial charge < -0.3 is 34.4 Å². The lowest BCUT2D eigenvalue weighted by Crippen LogP contribution is -2.64. The van der Waals surface area contributed by atoms with E-state index in [9.17, 15) is 15.3 Å². The highest BCUT2D eigenvalue weighted by molar-refractivity contribution is 8.00. The van der Waals surface area contributed by atoms with Crippen molar-refractivity contribution in [2.45, 2.75) is 93.9 Å². The first kappa shape index (κ1) is 35.9. The molecule has 2 aromatic rings. The predicted molar refractivity (Wildman–Crippen MR) is 189 cm³/mol. The van der Waals surface area contributed by atoms with Crippen LogP contribution in [0.25, 0.3) is 0 Å². The number of aromatic hydroxyl groups is 1. The number of fused-ring (bicyclic) bond motifs is 2. The third-order valence-corrected chi connectivity index (χ3v) is 11.7. The minimum absolute atomic E-state index is 0.0574. The van der Waals surface area contributed by atoms with E-state index in [1.165, 1.54) is 0 Å². The lowest BCUT2D eigenvalue weighted by molar-refractivity contribution is -0.223. The highest BCUT2D eigenvalue weighted by atomic mass is 32.2. The Bertz CT molecular complexity index is 1440. The Kier molecular flexibility index (Phi) is 12.7. The molecule has 266 valence electrons. The fraction of sp³-hybridized carbons (Fsp3) is 0.605. The summed E-state index contributed by atoms with van der Waals surface area (Å²) in [4.78, 5) is 14.9. The van der Waals surface area contributed by atoms with E-state index in [-0.39, 0.29) is 54.2 Å². The van der Waals surface area contributed by atoms with Gasteiger partial charge in [0, 0.05) is 62.5 Å². The van der Waals surface area contributed by atoms with Crippen LogP contribution in [0.1, 0.15) is 81.4 Å². The number of aliphatic hydroxyl groups excluding tert-OH is 2. The number of phenols is 1. The summed E-state index contributed by atoms with van der Waals surface area (Å²) in [5.41, 5.74) is 3.84. The predicted octanol–water partition coefficient (Wildman–Crippen LogP) is 6.32. The molecule has 1 saturated heterocycles. The number of benzene rings is 1. The molecule has 1 aromatic heterocycles. The second-order valence-corrected chi connectivity index (χ2v) is 14.8. The number of hydrogen-bond acceptors (Lipinski definition) is 11. The van der Waals surface area contributed by atoms with Crippen LogP contribution in [0, 0.1) is 17.8 Å². The lowest BCUT2D eigenvalue weighted by atomic mass is 9.56. The summed E-state index contributed by atoms with van der Waals surface area (Å²) in [6.45, 7) is 5.27. The Labute approximate surface area is 294 Å². The van der Waals surface area contributed by atoms with Crippen molar-refractivity contribution < 1.29 is 34.4 Å². The first-order valence-electron chi connectivity index (χ1n) is 18.0. The zero-order chi connectivity index (χ0) is 34.1. The average Bonchev–Trinajstić information content (AvgIpc) is 3.13. The summed E-state index contributed by atoms with van der Waals surface area (Å²) in [6.07, 6.45) is 18.2. The maximum atomic E-state index is 10.8. The van der Waals surface area contributed by atoms with Crippen LogP contribution in [-0.2, 0) is 20.7 Å². The molecule has 0 radical (unpaired) electrons. The Morgan fingerprint density at radius 1 is 1.10 bits per heavy atom. The van der Waals surface area contributed by atoms with Gasteiger partial charge in [0.1, 0.15) is 11.5 Å². The number of oxime groups is 1. The normalized spacial score (nSPS) is 29.8. The number of nitrogens with zero attached hydrogens (tertiary/aromatic N) is 3. The molecule has 1 aromatic carbocycles. The van der Waals surface area contributed by atoms with Crippen molar-refractivity contribution in [1.82, 2.24) is 9.97 Å². The van der Waals surface area contributed by atoms with Crippen molar-refractivity contribution in [1.29, 1.82) is 0 Å². The van der Waals surface area contributed by atoms with Gasteiger partial charge in [0.05, 0.1) is 35.8 Å². The standard InChI is InChI=1S/C38H51N3O7S/c1-2-19-46-38-34(49-21-14-27-25-39-15-16-40-27)24-32(41-48-35-11-5-8-20-45-35)30-22-26(9-3-6-17-42)29(10-4-7-18-43)36(37(30)38)31-23-28(44)12-13-33(31)47-38/h2,12-13,15-16,22-23,25-26,29,34-37,42-44H,1,3-11,14,17-21,24H2. The molecule has 49 heavy (non-hydrogen) atoms. The molecule has 2 aliphatic heterocycles. The minimum atomic E-state index is -1.05. The maximum absolute atomic E-state index is 10.8. The second kappa shape index (κ2) is 17.3. The molecule has 0 amide bonds. The van der Waals surface area contributed by atoms with Gasteiger partial charge >= 0.3 is 0 Å². The molecule has 1 saturated carbocycles. The monoisotopic (exact) mass is 693 g/mol. The third-order valence-electron chi connectivity index (χ3n) is 10.3. The fourth-order valence-electron chi connectivity index (χ4n) is 8.17. The molecule has 7 unspecified atom stereocenters. The van der Waals surface area contributed by atoms with Crippen molar-refractivity contribution in [2.24, 2.45) is 22.9 Å². The third kappa shape index (κ3) is 8.17. The van der Waals surface area contributed by atoms with E-state index in [1.807, 2.05) is 18.3 Å². The fourth-order valence-corrected chi connectivity index (χ4v) is 9.55. The van der Waals surface area contributed by atoms with Gasteiger partial charge in [-0.2, -0.15) is 11.8 Å². The molecule has 3 heterocycles. The van der Waals surface area contributed by atoms with Crippen LogP contribution in [0.3, 0.4) is 0 Å². The van der Waals surface area contributed by atoms with Crippen molar-refractivity contribution in [2.75, 3.05) is 32.2 Å². The first-order chi connectivity index (χ1) is 24.1. The van der Waals surface area contributed by atoms with Crippen LogP contribution in [0.5, 0.6) is 11.5 Å². The van der Waals surface area contributed by atoms with Gasteiger partial charge in [0.2, 0.25) is 12.1 Å². The van der Waals surface area contributed by atoms with Crippen LogP contribution in [0.2, 0.25) is 0 Å². The molecule has 0 spiro atoms. The topological polar surface area (TPSA) is 136 Å². The molecule has 6 rings (SSSR count). The smallest absolute Gasteiger partial charge is 0.230 e. The Hall–Kier alpha value is -2.96. The molecule has 2 fully saturated rings. The number of allylic oxidation sites excluding steroid dienone is 1. The van der Waals surface area contributed by atoms with Gasteiger partial charge in [-0.25, -0.2) is 0 Å². The van der Waals surface area contributed by atoms with E-state index in [0.717, 1.165) is 98.3 Å². The highest BCUT2D eigenvalue weighted by Crippen LogP contribution is 2.62. The number of thioether (sulfide) groups is 1. The van der Waals surface area contributed by atoms with E-state index < -0.39 is 5.79 Å². The van der Waals surface area contributed by atoms with Gasteiger partial charge in [-0.05, 0) is 79.9 Å². The van der Waals surface area contributed by atoms with E-state index >= 15 is 0 Å². The molecule has 11 heteroatoms. The zero-order valence-corrected chi connectivity index (χ0v) is 29.1. The molecule has 0 bridgehead atoms. The summed E-state index contributed by atoms with van der Waals surface area (Å²) in [5.74, 6) is 0.706. The zero-order valence-electron chi connectivity index (χ0n) is 28.3. The van der Waals surface area contributed by atoms with E-state index in [2.05, 4.69) is 22.6 Å². The number of aliphatic hydroxyl groups is 2. The molecule has 2 aliphatic carbocycles. The quantitative estimate of drug-likeness (QED) is 0.0982. The first-order valence-corrected chi connectivity index (χ1v) is 19.0. The van der Waals surface area contributed by atoms with Crippen LogP contribution >= 0.6 is 11.8 Å². The van der Waals surface area contributed by atoms with Crippen LogP contribution in [0.4, 0.5) is 0 Å². The maximum Gasteiger partial charge on any atom is 0.230 e. The number of phenolic OH excluding ortho intramolecular Hbond substituents is 1. The van der Waals surface area contributed by atoms with Crippen LogP contribution < -0.4 is 4.74 Å². The number of hydrogen-bond donors (Lipinski definition) is 3. The van der Waals surface area contributed by atoms with Gasteiger partial charge in [-0.15, -0.1) is 6.58 Å². The molecule has 3 N–H and O–H groups in total. The number of unbranched alkanes of at least 4 members (excludes halogenated alkanes) is 2. The van der Waals surface area contributed by atoms with Crippen LogP contribution in [0.15, 0.2) is 66.2 Å². The Balaban J connectivity index is 1.47. The summed E-state index contributed by atoms with van der Waals surface area (Å²) in [6, 6.07) is 5.42. The molecule has 7 atom stereocenters. The van der Waals surface area contributed by atoms with Gasteiger partial charge in [-0.1, -0.05) is 30.1 Å². The number of aromatic nitrogens is 2. The number of aryl methyl sites for hydroxylation is 1. The largest absolute Gasteiger partial charge is 0.508 e. The van der Waals surface area contributed by atoms with E-state index in [0.29, 0.717) is 19.6 Å².